The zero-order valence-electron chi connectivity index (χ0n) is 12.8. The van der Waals surface area contributed by atoms with E-state index in [0.717, 1.165) is 16.8 Å². The molecule has 1 N–H and O–H groups in total. The Hall–Kier alpha value is -1.88. The molecule has 1 saturated heterocycles. The number of carbonyl (C=O) groups is 2. The Labute approximate surface area is 125 Å². The second-order valence-corrected chi connectivity index (χ2v) is 5.49. The standard InChI is InChI=1S/C16H22N2O3/c1-11-8-12(2)10-13(9-11)18-6-4-14(16(18)20)17-15(19)5-7-21-3/h8-10,14H,4-7H2,1-3H3,(H,17,19)/t14-/m0/s1. The van der Waals surface area contributed by atoms with Crippen LogP contribution in [-0.2, 0) is 14.3 Å². The van der Waals surface area contributed by atoms with Gasteiger partial charge in [0.15, 0.2) is 0 Å². The van der Waals surface area contributed by atoms with Gasteiger partial charge in [-0.25, -0.2) is 0 Å². The lowest BCUT2D eigenvalue weighted by atomic mass is 10.1. The molecule has 0 spiro atoms. The van der Waals surface area contributed by atoms with E-state index in [2.05, 4.69) is 11.4 Å². The number of aryl methyl sites for hydroxylation is 2. The van der Waals surface area contributed by atoms with Crippen molar-refractivity contribution in [1.82, 2.24) is 5.32 Å². The van der Waals surface area contributed by atoms with Gasteiger partial charge in [-0.2, -0.15) is 0 Å². The molecule has 21 heavy (non-hydrogen) atoms. The molecule has 114 valence electrons. The number of benzene rings is 1. The zero-order valence-corrected chi connectivity index (χ0v) is 12.8. The van der Waals surface area contributed by atoms with Crippen molar-refractivity contribution in [3.63, 3.8) is 0 Å². The van der Waals surface area contributed by atoms with Crippen LogP contribution in [-0.4, -0.2) is 38.1 Å². The Morgan fingerprint density at radius 3 is 2.62 bits per heavy atom. The number of hydrogen-bond acceptors (Lipinski definition) is 3. The third-order valence-corrected chi connectivity index (χ3v) is 3.59. The summed E-state index contributed by atoms with van der Waals surface area (Å²) in [5.41, 5.74) is 3.17. The Morgan fingerprint density at radius 2 is 2.00 bits per heavy atom. The average molecular weight is 290 g/mol. The Balaban J connectivity index is 2.02. The summed E-state index contributed by atoms with van der Waals surface area (Å²) < 4.78 is 4.86. The smallest absolute Gasteiger partial charge is 0.249 e. The summed E-state index contributed by atoms with van der Waals surface area (Å²) in [6.45, 7) is 5.03. The van der Waals surface area contributed by atoms with Gasteiger partial charge in [0.05, 0.1) is 6.61 Å². The van der Waals surface area contributed by atoms with Gasteiger partial charge in [-0.05, 0) is 43.5 Å². The fraction of sp³-hybridized carbons (Fsp3) is 0.500. The lowest BCUT2D eigenvalue weighted by molar-refractivity contribution is -0.127. The summed E-state index contributed by atoms with van der Waals surface area (Å²) in [6, 6.07) is 5.66. The third-order valence-electron chi connectivity index (χ3n) is 3.59. The number of nitrogens with zero attached hydrogens (tertiary/aromatic N) is 1. The molecule has 1 heterocycles. The van der Waals surface area contributed by atoms with Gasteiger partial charge in [0.25, 0.3) is 0 Å². The number of amides is 2. The van der Waals surface area contributed by atoms with E-state index in [-0.39, 0.29) is 18.2 Å². The lowest BCUT2D eigenvalue weighted by Gasteiger charge is -2.18. The van der Waals surface area contributed by atoms with Gasteiger partial charge >= 0.3 is 0 Å². The number of anilines is 1. The first-order chi connectivity index (χ1) is 10.0. The molecular formula is C16H22N2O3. The molecule has 2 rings (SSSR count). The van der Waals surface area contributed by atoms with Crippen molar-refractivity contribution in [2.45, 2.75) is 32.7 Å². The molecule has 5 nitrogen and oxygen atoms in total. The highest BCUT2D eigenvalue weighted by Gasteiger charge is 2.33. The molecule has 0 aromatic heterocycles. The van der Waals surface area contributed by atoms with E-state index in [1.54, 1.807) is 12.0 Å². The van der Waals surface area contributed by atoms with Gasteiger partial charge in [0, 0.05) is 25.8 Å². The quantitative estimate of drug-likeness (QED) is 0.895. The van der Waals surface area contributed by atoms with Gasteiger partial charge in [-0.1, -0.05) is 6.07 Å². The van der Waals surface area contributed by atoms with E-state index >= 15 is 0 Å². The number of ether oxygens (including phenoxy) is 1. The minimum atomic E-state index is -0.421. The molecule has 0 unspecified atom stereocenters. The Morgan fingerprint density at radius 1 is 1.33 bits per heavy atom. The van der Waals surface area contributed by atoms with Crippen LogP contribution in [0.5, 0.6) is 0 Å². The first-order valence-electron chi connectivity index (χ1n) is 7.19. The number of nitrogens with one attached hydrogen (secondary N) is 1. The lowest BCUT2D eigenvalue weighted by Crippen LogP contribution is -2.41. The number of methoxy groups -OCH3 is 1. The van der Waals surface area contributed by atoms with Crippen molar-refractivity contribution >= 4 is 17.5 Å². The summed E-state index contributed by atoms with van der Waals surface area (Å²) >= 11 is 0. The van der Waals surface area contributed by atoms with Crippen LogP contribution in [0.4, 0.5) is 5.69 Å². The molecule has 0 aliphatic carbocycles. The van der Waals surface area contributed by atoms with Crippen LogP contribution >= 0.6 is 0 Å². The Bertz CT molecular complexity index is 522. The summed E-state index contributed by atoms with van der Waals surface area (Å²) in [4.78, 5) is 25.9. The van der Waals surface area contributed by atoms with E-state index < -0.39 is 6.04 Å². The molecule has 0 radical (unpaired) electrons. The molecule has 1 aliphatic rings. The third kappa shape index (κ3) is 3.82. The number of rotatable bonds is 5. The molecule has 2 amide bonds. The van der Waals surface area contributed by atoms with Crippen LogP contribution in [0.15, 0.2) is 18.2 Å². The summed E-state index contributed by atoms with van der Waals surface area (Å²) in [6.07, 6.45) is 0.925. The van der Waals surface area contributed by atoms with Crippen molar-refractivity contribution < 1.29 is 14.3 Å². The van der Waals surface area contributed by atoms with Crippen LogP contribution in [0.3, 0.4) is 0 Å². The molecule has 0 saturated carbocycles. The van der Waals surface area contributed by atoms with E-state index in [9.17, 15) is 9.59 Å². The summed E-state index contributed by atoms with van der Waals surface area (Å²) in [5, 5.41) is 2.78. The monoisotopic (exact) mass is 290 g/mol. The largest absolute Gasteiger partial charge is 0.384 e. The van der Waals surface area contributed by atoms with Crippen molar-refractivity contribution in [3.8, 4) is 0 Å². The molecule has 1 aromatic carbocycles. The molecule has 1 atom stereocenters. The molecular weight excluding hydrogens is 268 g/mol. The molecule has 1 fully saturated rings. The summed E-state index contributed by atoms with van der Waals surface area (Å²) in [7, 11) is 1.55. The van der Waals surface area contributed by atoms with Crippen LogP contribution in [0.2, 0.25) is 0 Å². The van der Waals surface area contributed by atoms with E-state index in [1.165, 1.54) is 0 Å². The predicted octanol–water partition coefficient (Wildman–Crippen LogP) is 1.56. The van der Waals surface area contributed by atoms with Crippen molar-refractivity contribution in [2.24, 2.45) is 0 Å². The van der Waals surface area contributed by atoms with Gasteiger partial charge < -0.3 is 15.0 Å². The van der Waals surface area contributed by atoms with Crippen LogP contribution in [0, 0.1) is 13.8 Å². The first-order valence-corrected chi connectivity index (χ1v) is 7.19. The van der Waals surface area contributed by atoms with E-state index in [4.69, 9.17) is 4.74 Å². The van der Waals surface area contributed by atoms with Crippen LogP contribution in [0.25, 0.3) is 0 Å². The van der Waals surface area contributed by atoms with Crippen LogP contribution in [0.1, 0.15) is 24.0 Å². The predicted molar refractivity (Wildman–Crippen MR) is 81.3 cm³/mol. The zero-order chi connectivity index (χ0) is 15.4. The van der Waals surface area contributed by atoms with Crippen LogP contribution < -0.4 is 10.2 Å². The van der Waals surface area contributed by atoms with Gasteiger partial charge in [-0.3, -0.25) is 9.59 Å². The maximum absolute atomic E-state index is 12.4. The number of carbonyl (C=O) groups excluding carboxylic acids is 2. The first kappa shape index (κ1) is 15.5. The highest BCUT2D eigenvalue weighted by atomic mass is 16.5. The van der Waals surface area contributed by atoms with Crippen molar-refractivity contribution in [1.29, 1.82) is 0 Å². The minimum absolute atomic E-state index is 0.0363. The molecule has 1 aromatic rings. The second-order valence-electron chi connectivity index (χ2n) is 5.49. The fourth-order valence-electron chi connectivity index (χ4n) is 2.64. The maximum atomic E-state index is 12.4. The highest BCUT2D eigenvalue weighted by molar-refractivity contribution is 6.01. The maximum Gasteiger partial charge on any atom is 0.249 e. The molecule has 5 heteroatoms. The second kappa shape index (κ2) is 6.72. The fourth-order valence-corrected chi connectivity index (χ4v) is 2.64. The topological polar surface area (TPSA) is 58.6 Å². The van der Waals surface area contributed by atoms with Gasteiger partial charge in [0.2, 0.25) is 11.8 Å². The molecule has 0 bridgehead atoms. The highest BCUT2D eigenvalue weighted by Crippen LogP contribution is 2.24. The van der Waals surface area contributed by atoms with Gasteiger partial charge in [-0.15, -0.1) is 0 Å². The van der Waals surface area contributed by atoms with E-state index in [0.29, 0.717) is 19.6 Å². The Kier molecular flexibility index (Phi) is 4.96. The van der Waals surface area contributed by atoms with Gasteiger partial charge in [0.1, 0.15) is 6.04 Å². The number of hydrogen-bond donors (Lipinski definition) is 1. The molecule has 1 aliphatic heterocycles. The van der Waals surface area contributed by atoms with Crippen molar-refractivity contribution in [2.75, 3.05) is 25.2 Å². The average Bonchev–Trinajstić information content (AvgIpc) is 2.77. The van der Waals surface area contributed by atoms with E-state index in [1.807, 2.05) is 26.0 Å². The summed E-state index contributed by atoms with van der Waals surface area (Å²) in [5.74, 6) is -0.178. The SMILES string of the molecule is COCCC(=O)N[C@H]1CCN(c2cc(C)cc(C)c2)C1=O. The minimum Gasteiger partial charge on any atom is -0.384 e. The normalized spacial score (nSPS) is 18.1. The van der Waals surface area contributed by atoms with Crippen molar-refractivity contribution in [3.05, 3.63) is 29.3 Å².